The van der Waals surface area contributed by atoms with E-state index in [1.54, 1.807) is 30.3 Å². The van der Waals surface area contributed by atoms with Gasteiger partial charge in [0.2, 0.25) is 0 Å². The van der Waals surface area contributed by atoms with Crippen LogP contribution in [-0.4, -0.2) is 10.2 Å². The first-order valence-corrected chi connectivity index (χ1v) is 6.09. The maximum atomic E-state index is 9.38. The molecule has 0 atom stereocenters. The Morgan fingerprint density at radius 1 is 0.941 bits per heavy atom. The van der Waals surface area contributed by atoms with E-state index in [1.165, 1.54) is 6.42 Å². The number of benzene rings is 2. The normalized spacial score (nSPS) is 8.71. The van der Waals surface area contributed by atoms with E-state index in [-0.39, 0.29) is 11.5 Å². The first kappa shape index (κ1) is 15.3. The molecule has 2 aromatic rings. The van der Waals surface area contributed by atoms with Crippen molar-refractivity contribution < 1.29 is 10.2 Å². The third-order valence-electron chi connectivity index (χ3n) is 1.84. The number of phenolic OH excluding ortho intramolecular Hbond substituents is 2. The molecule has 2 N–H and O–H groups in total. The Morgan fingerprint density at radius 3 is 2.12 bits per heavy atom. The molecule has 17 heavy (non-hydrogen) atoms. The van der Waals surface area contributed by atoms with Crippen molar-refractivity contribution in [2.24, 2.45) is 0 Å². The summed E-state index contributed by atoms with van der Waals surface area (Å²) in [5, 5.41) is 20.1. The van der Waals surface area contributed by atoms with Crippen LogP contribution in [0.15, 0.2) is 36.4 Å². The molecule has 0 saturated carbocycles. The molecule has 0 spiro atoms. The van der Waals surface area contributed by atoms with E-state index in [2.05, 4.69) is 13.8 Å². The molecule has 0 unspecified atom stereocenters. The van der Waals surface area contributed by atoms with Gasteiger partial charge in [-0.2, -0.15) is 0 Å². The van der Waals surface area contributed by atoms with Crippen molar-refractivity contribution in [2.45, 2.75) is 34.1 Å². The molecule has 0 saturated heterocycles. The molecule has 0 fully saturated rings. The molecule has 0 heterocycles. The lowest BCUT2D eigenvalue weighted by atomic mass is 10.1. The summed E-state index contributed by atoms with van der Waals surface area (Å²) >= 11 is 0. The molecule has 0 amide bonds. The van der Waals surface area contributed by atoms with Crippen LogP contribution in [0.5, 0.6) is 11.5 Å². The van der Waals surface area contributed by atoms with Crippen molar-refractivity contribution in [1.29, 1.82) is 0 Å². The van der Waals surface area contributed by atoms with E-state index in [9.17, 15) is 5.11 Å². The van der Waals surface area contributed by atoms with Gasteiger partial charge >= 0.3 is 0 Å². The summed E-state index contributed by atoms with van der Waals surface area (Å²) in [5.41, 5.74) is 0. The number of hydrogen-bond acceptors (Lipinski definition) is 2. The minimum absolute atomic E-state index is 0.216. The summed E-state index contributed by atoms with van der Waals surface area (Å²) in [4.78, 5) is 0. The van der Waals surface area contributed by atoms with Gasteiger partial charge in [-0.1, -0.05) is 46.2 Å². The largest absolute Gasteiger partial charge is 0.508 e. The molecular formula is C15H22O2. The third kappa shape index (κ3) is 4.77. The van der Waals surface area contributed by atoms with Gasteiger partial charge < -0.3 is 10.2 Å². The Kier molecular flexibility index (Phi) is 7.61. The highest BCUT2D eigenvalue weighted by Gasteiger charge is 1.98. The van der Waals surface area contributed by atoms with E-state index >= 15 is 0 Å². The van der Waals surface area contributed by atoms with Crippen LogP contribution in [0.1, 0.15) is 34.1 Å². The van der Waals surface area contributed by atoms with E-state index in [1.807, 2.05) is 19.9 Å². The van der Waals surface area contributed by atoms with Gasteiger partial charge in [-0.3, -0.25) is 0 Å². The summed E-state index contributed by atoms with van der Waals surface area (Å²) in [5.74, 6) is 0.459. The maximum absolute atomic E-state index is 9.38. The van der Waals surface area contributed by atoms with Gasteiger partial charge in [-0.25, -0.2) is 0 Å². The molecule has 0 bridgehead atoms. The number of aromatic hydroxyl groups is 2. The van der Waals surface area contributed by atoms with Crippen LogP contribution in [0.3, 0.4) is 0 Å². The van der Waals surface area contributed by atoms with Crippen LogP contribution in [0.25, 0.3) is 10.8 Å². The third-order valence-corrected chi connectivity index (χ3v) is 1.84. The summed E-state index contributed by atoms with van der Waals surface area (Å²) in [6, 6.07) is 10.1. The zero-order valence-electron chi connectivity index (χ0n) is 11.1. The van der Waals surface area contributed by atoms with Gasteiger partial charge in [-0.05, 0) is 29.7 Å². The monoisotopic (exact) mass is 234 g/mol. The molecule has 2 heteroatoms. The van der Waals surface area contributed by atoms with Crippen LogP contribution in [0.2, 0.25) is 0 Å². The summed E-state index contributed by atoms with van der Waals surface area (Å²) in [7, 11) is 0. The van der Waals surface area contributed by atoms with Crippen molar-refractivity contribution in [3.63, 3.8) is 0 Å². The van der Waals surface area contributed by atoms with Crippen molar-refractivity contribution >= 4 is 10.8 Å². The summed E-state index contributed by atoms with van der Waals surface area (Å²) < 4.78 is 0. The zero-order valence-corrected chi connectivity index (χ0v) is 11.1. The van der Waals surface area contributed by atoms with Crippen molar-refractivity contribution in [2.75, 3.05) is 0 Å². The van der Waals surface area contributed by atoms with E-state index < -0.39 is 0 Å². The first-order chi connectivity index (χ1) is 8.19. The molecule has 0 aliphatic rings. The molecule has 2 aromatic carbocycles. The fourth-order valence-electron chi connectivity index (χ4n) is 1.25. The van der Waals surface area contributed by atoms with Crippen molar-refractivity contribution in [1.82, 2.24) is 0 Å². The minimum atomic E-state index is 0.216. The standard InChI is InChI=1S/C10H8O2.C3H8.C2H6/c11-8-4-5-9-7(6-8)2-1-3-10(9)12;1-3-2;1-2/h1-6,11-12H;3H2,1-2H3;1-2H3. The Labute approximate surface area is 104 Å². The quantitative estimate of drug-likeness (QED) is 0.694. The van der Waals surface area contributed by atoms with Crippen LogP contribution < -0.4 is 0 Å². The summed E-state index contributed by atoms with van der Waals surface area (Å²) in [6.45, 7) is 8.25. The SMILES string of the molecule is CC.CCC.Oc1ccc2c(O)cccc2c1. The van der Waals surface area contributed by atoms with Gasteiger partial charge in [-0.15, -0.1) is 0 Å². The highest BCUT2D eigenvalue weighted by molar-refractivity contribution is 5.88. The van der Waals surface area contributed by atoms with Gasteiger partial charge in [0.25, 0.3) is 0 Å². The van der Waals surface area contributed by atoms with Crippen LogP contribution in [-0.2, 0) is 0 Å². The molecule has 2 rings (SSSR count). The van der Waals surface area contributed by atoms with Gasteiger partial charge in [0.15, 0.2) is 0 Å². The van der Waals surface area contributed by atoms with Crippen molar-refractivity contribution in [3.8, 4) is 11.5 Å². The fraction of sp³-hybridized carbons (Fsp3) is 0.333. The van der Waals surface area contributed by atoms with Crippen LogP contribution >= 0.6 is 0 Å². The van der Waals surface area contributed by atoms with Gasteiger partial charge in [0.1, 0.15) is 11.5 Å². The number of rotatable bonds is 0. The predicted octanol–water partition coefficient (Wildman–Crippen LogP) is 4.69. The second kappa shape index (κ2) is 8.45. The predicted molar refractivity (Wildman–Crippen MR) is 74.6 cm³/mol. The molecule has 0 aliphatic heterocycles. The number of fused-ring (bicyclic) bond motifs is 1. The summed E-state index contributed by atoms with van der Waals surface area (Å²) in [6.07, 6.45) is 1.25. The topological polar surface area (TPSA) is 40.5 Å². The Morgan fingerprint density at radius 2 is 1.53 bits per heavy atom. The molecular weight excluding hydrogens is 212 g/mol. The fourth-order valence-corrected chi connectivity index (χ4v) is 1.25. The second-order valence-corrected chi connectivity index (χ2v) is 3.39. The van der Waals surface area contributed by atoms with Crippen LogP contribution in [0.4, 0.5) is 0 Å². The lowest BCUT2D eigenvalue weighted by Crippen LogP contribution is -1.72. The molecule has 2 nitrogen and oxygen atoms in total. The van der Waals surface area contributed by atoms with E-state index in [0.29, 0.717) is 0 Å². The zero-order chi connectivity index (χ0) is 13.3. The molecule has 94 valence electrons. The van der Waals surface area contributed by atoms with E-state index in [4.69, 9.17) is 5.11 Å². The number of phenols is 2. The van der Waals surface area contributed by atoms with Crippen molar-refractivity contribution in [3.05, 3.63) is 36.4 Å². The molecule has 0 aliphatic carbocycles. The lowest BCUT2D eigenvalue weighted by Gasteiger charge is -1.99. The average Bonchev–Trinajstić information content (AvgIpc) is 2.32. The highest BCUT2D eigenvalue weighted by Crippen LogP contribution is 2.26. The second-order valence-electron chi connectivity index (χ2n) is 3.39. The van der Waals surface area contributed by atoms with E-state index in [0.717, 1.165) is 10.8 Å². The maximum Gasteiger partial charge on any atom is 0.123 e. The lowest BCUT2D eigenvalue weighted by molar-refractivity contribution is 0.475. The average molecular weight is 234 g/mol. The Balaban J connectivity index is 0.000000450. The smallest absolute Gasteiger partial charge is 0.123 e. The van der Waals surface area contributed by atoms with Gasteiger partial charge in [0, 0.05) is 5.39 Å². The Hall–Kier alpha value is -1.70. The minimum Gasteiger partial charge on any atom is -0.508 e. The molecule has 0 radical (unpaired) electrons. The Bertz CT molecular complexity index is 436. The highest BCUT2D eigenvalue weighted by atomic mass is 16.3. The van der Waals surface area contributed by atoms with Crippen LogP contribution in [0, 0.1) is 0 Å². The first-order valence-electron chi connectivity index (χ1n) is 6.09. The molecule has 0 aromatic heterocycles. The van der Waals surface area contributed by atoms with Gasteiger partial charge in [0.05, 0.1) is 0 Å². The number of hydrogen-bond donors (Lipinski definition) is 2.